The molecule has 1 fully saturated rings. The van der Waals surface area contributed by atoms with Gasteiger partial charge in [0, 0.05) is 38.8 Å². The predicted octanol–water partition coefficient (Wildman–Crippen LogP) is 3.52. The van der Waals surface area contributed by atoms with Gasteiger partial charge < -0.3 is 15.5 Å². The summed E-state index contributed by atoms with van der Waals surface area (Å²) in [7, 11) is 1.75. The first kappa shape index (κ1) is 20.9. The first-order valence-electron chi connectivity index (χ1n) is 8.31. The summed E-state index contributed by atoms with van der Waals surface area (Å²) in [4.78, 5) is 6.17. The van der Waals surface area contributed by atoms with Crippen LogP contribution in [0.4, 0.5) is 14.5 Å². The van der Waals surface area contributed by atoms with Crippen LogP contribution in [0, 0.1) is 11.6 Å². The van der Waals surface area contributed by atoms with Crippen LogP contribution < -0.4 is 15.5 Å². The molecule has 2 N–H and O–H groups in total. The first-order chi connectivity index (χ1) is 11.1. The number of halogens is 3. The average Bonchev–Trinajstić information content (AvgIpc) is 2.98. The number of guanidine groups is 1. The van der Waals surface area contributed by atoms with Gasteiger partial charge in [0.25, 0.3) is 0 Å². The summed E-state index contributed by atoms with van der Waals surface area (Å²) in [6.07, 6.45) is 4.40. The second-order valence-corrected chi connectivity index (χ2v) is 5.88. The molecular weight excluding hydrogens is 425 g/mol. The van der Waals surface area contributed by atoms with Crippen LogP contribution >= 0.6 is 24.0 Å². The van der Waals surface area contributed by atoms with Crippen LogP contribution in [0.3, 0.4) is 0 Å². The molecule has 0 spiro atoms. The van der Waals surface area contributed by atoms with E-state index in [0.717, 1.165) is 38.0 Å². The van der Waals surface area contributed by atoms with Crippen molar-refractivity contribution in [1.82, 2.24) is 10.6 Å². The minimum absolute atomic E-state index is 0. The van der Waals surface area contributed by atoms with Gasteiger partial charge in [0.1, 0.15) is 11.6 Å². The molecule has 1 aromatic rings. The van der Waals surface area contributed by atoms with E-state index in [0.29, 0.717) is 12.2 Å². The number of unbranched alkanes of at least 4 members (excludes halogenated alkanes) is 2. The van der Waals surface area contributed by atoms with Crippen molar-refractivity contribution < 1.29 is 8.78 Å². The fourth-order valence-electron chi connectivity index (χ4n) is 2.80. The van der Waals surface area contributed by atoms with Crippen molar-refractivity contribution in [3.05, 3.63) is 29.8 Å². The highest BCUT2D eigenvalue weighted by Gasteiger charge is 2.25. The Balaban J connectivity index is 0.00000288. The molecule has 4 nitrogen and oxygen atoms in total. The van der Waals surface area contributed by atoms with E-state index in [1.165, 1.54) is 25.0 Å². The van der Waals surface area contributed by atoms with Gasteiger partial charge >= 0.3 is 0 Å². The van der Waals surface area contributed by atoms with Crippen LogP contribution in [0.15, 0.2) is 23.2 Å². The molecule has 1 atom stereocenters. The number of nitrogens with one attached hydrogen (secondary N) is 2. The number of rotatable bonds is 6. The van der Waals surface area contributed by atoms with Crippen molar-refractivity contribution in [3.8, 4) is 0 Å². The minimum atomic E-state index is -0.545. The summed E-state index contributed by atoms with van der Waals surface area (Å²) in [5.74, 6) is -0.267. The molecule has 0 bridgehead atoms. The van der Waals surface area contributed by atoms with E-state index in [2.05, 4.69) is 22.5 Å². The summed E-state index contributed by atoms with van der Waals surface area (Å²) in [5.41, 5.74) is 0.460. The van der Waals surface area contributed by atoms with E-state index in [1.807, 2.05) is 4.90 Å². The highest BCUT2D eigenvalue weighted by molar-refractivity contribution is 14.0. The molecule has 0 aromatic heterocycles. The Kier molecular flexibility index (Phi) is 9.31. The highest BCUT2D eigenvalue weighted by Crippen LogP contribution is 2.24. The third kappa shape index (κ3) is 6.07. The number of aliphatic imine (C=N–C) groups is 1. The van der Waals surface area contributed by atoms with E-state index >= 15 is 0 Å². The Morgan fingerprint density at radius 2 is 2.12 bits per heavy atom. The Bertz CT molecular complexity index is 539. The van der Waals surface area contributed by atoms with Crippen LogP contribution in [0.1, 0.15) is 32.6 Å². The van der Waals surface area contributed by atoms with Gasteiger partial charge in [-0.1, -0.05) is 19.8 Å². The zero-order valence-electron chi connectivity index (χ0n) is 14.3. The van der Waals surface area contributed by atoms with Crippen LogP contribution in [0.2, 0.25) is 0 Å². The van der Waals surface area contributed by atoms with Gasteiger partial charge in [-0.2, -0.15) is 0 Å². The normalized spacial score (nSPS) is 17.6. The zero-order chi connectivity index (χ0) is 16.7. The molecule has 0 amide bonds. The molecule has 1 aliphatic rings. The van der Waals surface area contributed by atoms with Crippen LogP contribution in [0.5, 0.6) is 0 Å². The SMILES string of the molecule is CCCCCNC(=NC)NC1CCN(c2ccc(F)cc2F)C1.I. The summed E-state index contributed by atoms with van der Waals surface area (Å²) >= 11 is 0. The van der Waals surface area contributed by atoms with Crippen LogP contribution in [-0.4, -0.2) is 38.7 Å². The lowest BCUT2D eigenvalue weighted by molar-refractivity contribution is 0.580. The van der Waals surface area contributed by atoms with Crippen LogP contribution in [0.25, 0.3) is 0 Å². The van der Waals surface area contributed by atoms with Crippen molar-refractivity contribution in [2.75, 3.05) is 31.6 Å². The van der Waals surface area contributed by atoms with E-state index < -0.39 is 11.6 Å². The minimum Gasteiger partial charge on any atom is -0.367 e. The predicted molar refractivity (Wildman–Crippen MR) is 106 cm³/mol. The number of nitrogens with zero attached hydrogens (tertiary/aromatic N) is 2. The van der Waals surface area contributed by atoms with Gasteiger partial charge in [0.15, 0.2) is 5.96 Å². The van der Waals surface area contributed by atoms with Crippen LogP contribution in [-0.2, 0) is 0 Å². The molecule has 0 radical (unpaired) electrons. The molecule has 1 aromatic carbocycles. The molecule has 1 unspecified atom stereocenters. The monoisotopic (exact) mass is 452 g/mol. The van der Waals surface area contributed by atoms with Gasteiger partial charge in [-0.15, -0.1) is 24.0 Å². The Labute approximate surface area is 160 Å². The third-order valence-electron chi connectivity index (χ3n) is 4.08. The van der Waals surface area contributed by atoms with E-state index in [-0.39, 0.29) is 30.0 Å². The quantitative estimate of drug-likeness (QED) is 0.301. The van der Waals surface area contributed by atoms with Crippen molar-refractivity contribution in [2.24, 2.45) is 4.99 Å². The van der Waals surface area contributed by atoms with Gasteiger partial charge in [0.05, 0.1) is 5.69 Å². The molecule has 7 heteroatoms. The molecule has 0 saturated carbocycles. The second kappa shape index (κ2) is 10.7. The second-order valence-electron chi connectivity index (χ2n) is 5.88. The largest absolute Gasteiger partial charge is 0.367 e. The highest BCUT2D eigenvalue weighted by atomic mass is 127. The number of hydrogen-bond donors (Lipinski definition) is 2. The fourth-order valence-corrected chi connectivity index (χ4v) is 2.80. The van der Waals surface area contributed by atoms with Crippen molar-refractivity contribution in [3.63, 3.8) is 0 Å². The lowest BCUT2D eigenvalue weighted by Gasteiger charge is -2.21. The summed E-state index contributed by atoms with van der Waals surface area (Å²) in [6, 6.07) is 3.94. The molecule has 2 rings (SSSR count). The Morgan fingerprint density at radius 1 is 1.33 bits per heavy atom. The summed E-state index contributed by atoms with van der Waals surface area (Å²) < 4.78 is 26.9. The maximum absolute atomic E-state index is 13.9. The molecule has 24 heavy (non-hydrogen) atoms. The topological polar surface area (TPSA) is 39.7 Å². The van der Waals surface area contributed by atoms with Crippen molar-refractivity contribution in [1.29, 1.82) is 0 Å². The molecule has 136 valence electrons. The molecule has 1 heterocycles. The maximum Gasteiger partial charge on any atom is 0.191 e. The molecule has 1 saturated heterocycles. The van der Waals surface area contributed by atoms with Crippen molar-refractivity contribution in [2.45, 2.75) is 38.6 Å². The number of benzene rings is 1. The molecule has 0 aliphatic carbocycles. The van der Waals surface area contributed by atoms with Gasteiger partial charge in [-0.05, 0) is 25.0 Å². The smallest absolute Gasteiger partial charge is 0.191 e. The standard InChI is InChI=1S/C17H26F2N4.HI/c1-3-4-5-9-21-17(20-2)22-14-8-10-23(12-14)16-7-6-13(18)11-15(16)19;/h6-7,11,14H,3-5,8-10,12H2,1-2H3,(H2,20,21,22);1H. The molecular formula is C17H27F2IN4. The van der Waals surface area contributed by atoms with E-state index in [9.17, 15) is 8.78 Å². The van der Waals surface area contributed by atoms with E-state index in [4.69, 9.17) is 0 Å². The van der Waals surface area contributed by atoms with Gasteiger partial charge in [0.2, 0.25) is 0 Å². The zero-order valence-corrected chi connectivity index (χ0v) is 16.6. The van der Waals surface area contributed by atoms with Crippen molar-refractivity contribution >= 4 is 35.6 Å². The lowest BCUT2D eigenvalue weighted by atomic mass is 10.2. The average molecular weight is 452 g/mol. The fraction of sp³-hybridized carbons (Fsp3) is 0.588. The third-order valence-corrected chi connectivity index (χ3v) is 4.08. The molecule has 1 aliphatic heterocycles. The van der Waals surface area contributed by atoms with Gasteiger partial charge in [-0.3, -0.25) is 4.99 Å². The lowest BCUT2D eigenvalue weighted by Crippen LogP contribution is -2.44. The summed E-state index contributed by atoms with van der Waals surface area (Å²) in [5, 5.41) is 6.68. The first-order valence-corrected chi connectivity index (χ1v) is 8.31. The number of hydrogen-bond acceptors (Lipinski definition) is 2. The summed E-state index contributed by atoms with van der Waals surface area (Å²) in [6.45, 7) is 4.50. The maximum atomic E-state index is 13.9. The number of anilines is 1. The Hall–Kier alpha value is -1.12. The Morgan fingerprint density at radius 3 is 2.79 bits per heavy atom. The van der Waals surface area contributed by atoms with E-state index in [1.54, 1.807) is 7.05 Å². The van der Waals surface area contributed by atoms with Gasteiger partial charge in [-0.25, -0.2) is 8.78 Å².